The van der Waals surface area contributed by atoms with E-state index >= 15 is 0 Å². The standard InChI is InChI=1S/C48H34N2S/c1-3-11-35(12-4-1)37-19-27-41(28-20-37)49(42-29-21-38(22-30-42)36-13-5-2-6-14-36)43-31-23-39(24-32-43)40-25-33-44(34-26-40)50-45-15-7-9-17-47(45)51-48-18-10-8-16-46(48)50/h1-34H. The van der Waals surface area contributed by atoms with Crippen molar-refractivity contribution in [2.45, 2.75) is 9.79 Å². The molecule has 0 amide bonds. The first-order chi connectivity index (χ1) is 25.3. The second-order valence-corrected chi connectivity index (χ2v) is 13.7. The van der Waals surface area contributed by atoms with Gasteiger partial charge in [-0.15, -0.1) is 0 Å². The van der Waals surface area contributed by atoms with E-state index in [4.69, 9.17) is 0 Å². The highest BCUT2D eigenvalue weighted by Crippen LogP contribution is 2.51. The summed E-state index contributed by atoms with van der Waals surface area (Å²) >= 11 is 1.83. The Hall–Kier alpha value is -6.29. The molecule has 0 saturated heterocycles. The first-order valence-corrected chi connectivity index (χ1v) is 18.1. The highest BCUT2D eigenvalue weighted by atomic mass is 32.2. The van der Waals surface area contributed by atoms with Gasteiger partial charge in [0.15, 0.2) is 0 Å². The molecule has 0 spiro atoms. The number of nitrogens with zero attached hydrogens (tertiary/aromatic N) is 2. The third-order valence-electron chi connectivity index (χ3n) is 9.48. The van der Waals surface area contributed by atoms with Gasteiger partial charge in [0.05, 0.1) is 11.4 Å². The average molecular weight is 671 g/mol. The van der Waals surface area contributed by atoms with Gasteiger partial charge in [-0.3, -0.25) is 0 Å². The van der Waals surface area contributed by atoms with Gasteiger partial charge >= 0.3 is 0 Å². The quantitative estimate of drug-likeness (QED) is 0.167. The molecule has 8 aromatic carbocycles. The Morgan fingerprint density at radius 2 is 0.608 bits per heavy atom. The van der Waals surface area contributed by atoms with Crippen LogP contribution in [0.15, 0.2) is 216 Å². The molecule has 0 bridgehead atoms. The Morgan fingerprint density at radius 3 is 1.00 bits per heavy atom. The number of rotatable bonds is 7. The molecule has 2 nitrogen and oxygen atoms in total. The summed E-state index contributed by atoms with van der Waals surface area (Å²) in [4.78, 5) is 7.24. The van der Waals surface area contributed by atoms with Gasteiger partial charge in [0.2, 0.25) is 0 Å². The number of hydrogen-bond acceptors (Lipinski definition) is 3. The van der Waals surface area contributed by atoms with E-state index in [1.165, 1.54) is 54.5 Å². The largest absolute Gasteiger partial charge is 0.311 e. The van der Waals surface area contributed by atoms with Crippen molar-refractivity contribution in [1.82, 2.24) is 0 Å². The first kappa shape index (κ1) is 30.7. The minimum Gasteiger partial charge on any atom is -0.311 e. The van der Waals surface area contributed by atoms with Crippen LogP contribution in [0, 0.1) is 0 Å². The molecule has 1 aliphatic heterocycles. The Balaban J connectivity index is 1.04. The van der Waals surface area contributed by atoms with Gasteiger partial charge in [0.25, 0.3) is 0 Å². The Labute approximate surface area is 303 Å². The predicted octanol–water partition coefficient (Wildman–Crippen LogP) is 14.1. The number of hydrogen-bond donors (Lipinski definition) is 0. The summed E-state index contributed by atoms with van der Waals surface area (Å²) in [5.74, 6) is 0. The molecular weight excluding hydrogens is 637 g/mol. The molecular formula is C48H34N2S. The molecule has 0 N–H and O–H groups in total. The molecule has 242 valence electrons. The van der Waals surface area contributed by atoms with Crippen molar-refractivity contribution in [3.63, 3.8) is 0 Å². The van der Waals surface area contributed by atoms with E-state index < -0.39 is 0 Å². The first-order valence-electron chi connectivity index (χ1n) is 17.3. The van der Waals surface area contributed by atoms with Crippen LogP contribution in [0.1, 0.15) is 0 Å². The maximum absolute atomic E-state index is 2.37. The van der Waals surface area contributed by atoms with Gasteiger partial charge in [0.1, 0.15) is 0 Å². The van der Waals surface area contributed by atoms with Gasteiger partial charge in [-0.2, -0.15) is 0 Å². The molecule has 8 aromatic rings. The average Bonchev–Trinajstić information content (AvgIpc) is 3.21. The third kappa shape index (κ3) is 6.09. The van der Waals surface area contributed by atoms with E-state index in [0.29, 0.717) is 0 Å². The van der Waals surface area contributed by atoms with E-state index in [0.717, 1.165) is 22.7 Å². The van der Waals surface area contributed by atoms with Crippen molar-refractivity contribution in [1.29, 1.82) is 0 Å². The maximum atomic E-state index is 2.37. The minimum absolute atomic E-state index is 1.11. The highest BCUT2D eigenvalue weighted by molar-refractivity contribution is 7.99. The molecule has 0 unspecified atom stereocenters. The smallest absolute Gasteiger partial charge is 0.0601 e. The number of benzene rings is 8. The Kier molecular flexibility index (Phi) is 8.17. The van der Waals surface area contributed by atoms with Crippen molar-refractivity contribution < 1.29 is 0 Å². The number of fused-ring (bicyclic) bond motifs is 2. The lowest BCUT2D eigenvalue weighted by Crippen LogP contribution is -2.14. The fourth-order valence-electron chi connectivity index (χ4n) is 6.90. The molecule has 0 aliphatic carbocycles. The molecule has 0 radical (unpaired) electrons. The SMILES string of the molecule is c1ccc(-c2ccc(N(c3ccc(-c4ccccc4)cc3)c3ccc(-c4ccc(N5c6ccccc6Sc6ccccc65)cc4)cc3)cc2)cc1. The number of para-hydroxylation sites is 2. The monoisotopic (exact) mass is 670 g/mol. The second kappa shape index (κ2) is 13.5. The summed E-state index contributed by atoms with van der Waals surface area (Å²) in [6.45, 7) is 0. The van der Waals surface area contributed by atoms with Crippen molar-refractivity contribution >= 4 is 45.9 Å². The Morgan fingerprint density at radius 1 is 0.294 bits per heavy atom. The third-order valence-corrected chi connectivity index (χ3v) is 10.6. The molecule has 0 atom stereocenters. The predicted molar refractivity (Wildman–Crippen MR) is 216 cm³/mol. The lowest BCUT2D eigenvalue weighted by Gasteiger charge is -2.32. The van der Waals surface area contributed by atoms with Gasteiger partial charge in [-0.05, 0) is 106 Å². The van der Waals surface area contributed by atoms with Crippen LogP contribution in [-0.4, -0.2) is 0 Å². The summed E-state index contributed by atoms with van der Waals surface area (Å²) < 4.78 is 0. The van der Waals surface area contributed by atoms with Crippen LogP contribution in [-0.2, 0) is 0 Å². The summed E-state index contributed by atoms with van der Waals surface area (Å²) in [5.41, 5.74) is 14.1. The zero-order valence-electron chi connectivity index (χ0n) is 27.9. The summed E-state index contributed by atoms with van der Waals surface area (Å²) in [7, 11) is 0. The second-order valence-electron chi connectivity index (χ2n) is 12.6. The van der Waals surface area contributed by atoms with Crippen molar-refractivity contribution in [3.8, 4) is 33.4 Å². The summed E-state index contributed by atoms with van der Waals surface area (Å²) in [6.07, 6.45) is 0. The normalized spacial score (nSPS) is 11.8. The van der Waals surface area contributed by atoms with Crippen LogP contribution in [0.4, 0.5) is 34.1 Å². The van der Waals surface area contributed by atoms with E-state index in [1.54, 1.807) is 0 Å². The lowest BCUT2D eigenvalue weighted by molar-refractivity contribution is 1.17. The summed E-state index contributed by atoms with van der Waals surface area (Å²) in [6, 6.07) is 74.0. The fraction of sp³-hybridized carbons (Fsp3) is 0. The van der Waals surface area contributed by atoms with Gasteiger partial charge in [0, 0.05) is 32.5 Å². The van der Waals surface area contributed by atoms with E-state index in [2.05, 4.69) is 216 Å². The van der Waals surface area contributed by atoms with E-state index in [9.17, 15) is 0 Å². The van der Waals surface area contributed by atoms with Crippen LogP contribution in [0.2, 0.25) is 0 Å². The zero-order chi connectivity index (χ0) is 34.0. The summed E-state index contributed by atoms with van der Waals surface area (Å²) in [5, 5.41) is 0. The van der Waals surface area contributed by atoms with Crippen LogP contribution >= 0.6 is 11.8 Å². The molecule has 3 heteroatoms. The lowest BCUT2D eigenvalue weighted by atomic mass is 10.0. The van der Waals surface area contributed by atoms with E-state index in [-0.39, 0.29) is 0 Å². The van der Waals surface area contributed by atoms with Gasteiger partial charge in [-0.25, -0.2) is 0 Å². The molecule has 51 heavy (non-hydrogen) atoms. The van der Waals surface area contributed by atoms with Crippen LogP contribution in [0.25, 0.3) is 33.4 Å². The number of anilines is 6. The van der Waals surface area contributed by atoms with Gasteiger partial charge in [-0.1, -0.05) is 145 Å². The van der Waals surface area contributed by atoms with Crippen LogP contribution < -0.4 is 9.80 Å². The molecule has 1 aliphatic rings. The molecule has 0 fully saturated rings. The van der Waals surface area contributed by atoms with Crippen LogP contribution in [0.3, 0.4) is 0 Å². The van der Waals surface area contributed by atoms with Crippen molar-refractivity contribution in [2.75, 3.05) is 9.80 Å². The zero-order valence-corrected chi connectivity index (χ0v) is 28.7. The van der Waals surface area contributed by atoms with Crippen molar-refractivity contribution in [3.05, 3.63) is 206 Å². The fourth-order valence-corrected chi connectivity index (χ4v) is 7.96. The van der Waals surface area contributed by atoms with E-state index in [1.807, 2.05) is 11.8 Å². The molecule has 9 rings (SSSR count). The van der Waals surface area contributed by atoms with Crippen LogP contribution in [0.5, 0.6) is 0 Å². The highest BCUT2D eigenvalue weighted by Gasteiger charge is 2.24. The molecule has 0 saturated carbocycles. The molecule has 1 heterocycles. The maximum Gasteiger partial charge on any atom is 0.0601 e. The Bertz CT molecular complexity index is 2280. The van der Waals surface area contributed by atoms with Crippen molar-refractivity contribution in [2.24, 2.45) is 0 Å². The minimum atomic E-state index is 1.11. The topological polar surface area (TPSA) is 6.48 Å². The van der Waals surface area contributed by atoms with Gasteiger partial charge < -0.3 is 9.80 Å². The molecule has 0 aromatic heterocycles.